The van der Waals surface area contributed by atoms with Crippen LogP contribution in [0.25, 0.3) is 0 Å². The zero-order valence-corrected chi connectivity index (χ0v) is 14.8. The van der Waals surface area contributed by atoms with Gasteiger partial charge in [-0.2, -0.15) is 0 Å². The van der Waals surface area contributed by atoms with E-state index >= 15 is 0 Å². The molecule has 3 heteroatoms. The van der Waals surface area contributed by atoms with Crippen molar-refractivity contribution in [3.63, 3.8) is 0 Å². The minimum Gasteiger partial charge on any atom is -0.393 e. The lowest BCUT2D eigenvalue weighted by atomic mass is 9.46. The fraction of sp³-hybridized carbons (Fsp3) is 0.810. The summed E-state index contributed by atoms with van der Waals surface area (Å²) in [6.07, 6.45) is 13.0. The second-order valence-corrected chi connectivity index (χ2v) is 9.29. The SMILES string of the molecule is C#C[C@]1(O)CCC2C3C(CC[C@@]21C)[C@@]1(C)CC[C@@H](O)CC1=C[C@H]3O. The molecular formula is C21H30O3. The van der Waals surface area contributed by atoms with E-state index in [-0.39, 0.29) is 28.8 Å². The van der Waals surface area contributed by atoms with E-state index in [9.17, 15) is 15.3 Å². The number of aliphatic hydroxyl groups is 3. The van der Waals surface area contributed by atoms with Crippen LogP contribution in [-0.2, 0) is 0 Å². The molecule has 3 saturated carbocycles. The second-order valence-electron chi connectivity index (χ2n) is 9.29. The zero-order valence-electron chi connectivity index (χ0n) is 14.8. The van der Waals surface area contributed by atoms with Crippen LogP contribution in [0.15, 0.2) is 11.6 Å². The third-order valence-electron chi connectivity index (χ3n) is 8.49. The standard InChI is InChI=1S/C21H30O3/c1-4-21(24)10-7-16-18-15(6-9-20(16,21)3)19(2)8-5-14(22)11-13(19)12-17(18)23/h1,12,14-18,22-24H,5-11H2,2-3H3/t14-,15?,16?,17-,18?,19+,20+,21+/m1/s1. The predicted octanol–water partition coefficient (Wildman–Crippen LogP) is 2.65. The molecule has 0 bridgehead atoms. The van der Waals surface area contributed by atoms with Crippen molar-refractivity contribution in [3.05, 3.63) is 11.6 Å². The highest BCUT2D eigenvalue weighted by Crippen LogP contribution is 2.66. The summed E-state index contributed by atoms with van der Waals surface area (Å²) in [5.74, 6) is 3.56. The molecule has 3 nitrogen and oxygen atoms in total. The molecule has 0 aromatic heterocycles. The van der Waals surface area contributed by atoms with E-state index < -0.39 is 11.7 Å². The lowest BCUT2D eigenvalue weighted by Gasteiger charge is -2.59. The highest BCUT2D eigenvalue weighted by molar-refractivity contribution is 5.30. The average Bonchev–Trinajstić information content (AvgIpc) is 2.82. The van der Waals surface area contributed by atoms with Gasteiger partial charge in [-0.1, -0.05) is 31.4 Å². The molecule has 0 spiro atoms. The average molecular weight is 330 g/mol. The second kappa shape index (κ2) is 5.10. The Labute approximate surface area is 145 Å². The third kappa shape index (κ3) is 1.91. The van der Waals surface area contributed by atoms with Gasteiger partial charge >= 0.3 is 0 Å². The van der Waals surface area contributed by atoms with Crippen LogP contribution in [0.2, 0.25) is 0 Å². The van der Waals surface area contributed by atoms with Gasteiger partial charge in [0.15, 0.2) is 0 Å². The Balaban J connectivity index is 1.75. The minimum absolute atomic E-state index is 0.0846. The quantitative estimate of drug-likeness (QED) is 0.473. The Hall–Kier alpha value is -0.820. The summed E-state index contributed by atoms with van der Waals surface area (Å²) >= 11 is 0. The first-order chi connectivity index (χ1) is 11.2. The van der Waals surface area contributed by atoms with Gasteiger partial charge in [-0.15, -0.1) is 6.42 Å². The number of terminal acetylenes is 1. The van der Waals surface area contributed by atoms with Gasteiger partial charge < -0.3 is 15.3 Å². The Morgan fingerprint density at radius 3 is 2.50 bits per heavy atom. The van der Waals surface area contributed by atoms with Crippen molar-refractivity contribution >= 4 is 0 Å². The van der Waals surface area contributed by atoms with E-state index in [4.69, 9.17) is 6.42 Å². The molecule has 3 fully saturated rings. The molecule has 0 radical (unpaired) electrons. The lowest BCUT2D eigenvalue weighted by molar-refractivity contribution is -0.123. The number of rotatable bonds is 0. The van der Waals surface area contributed by atoms with E-state index in [1.54, 1.807) is 0 Å². The summed E-state index contributed by atoms with van der Waals surface area (Å²) in [6, 6.07) is 0. The van der Waals surface area contributed by atoms with Gasteiger partial charge in [-0.25, -0.2) is 0 Å². The fourth-order valence-corrected chi connectivity index (χ4v) is 6.88. The Kier molecular flexibility index (Phi) is 3.53. The fourth-order valence-electron chi connectivity index (χ4n) is 6.88. The molecule has 0 amide bonds. The molecule has 0 heterocycles. The summed E-state index contributed by atoms with van der Waals surface area (Å²) in [6.45, 7) is 4.47. The number of aliphatic hydroxyl groups excluding tert-OH is 2. The van der Waals surface area contributed by atoms with Gasteiger partial charge in [0.05, 0.1) is 12.2 Å². The molecule has 132 valence electrons. The maximum atomic E-state index is 11.0. The van der Waals surface area contributed by atoms with Crippen LogP contribution in [0.5, 0.6) is 0 Å². The van der Waals surface area contributed by atoms with Crippen molar-refractivity contribution in [3.8, 4) is 12.3 Å². The van der Waals surface area contributed by atoms with Crippen molar-refractivity contribution in [1.29, 1.82) is 0 Å². The largest absolute Gasteiger partial charge is 0.393 e. The molecule has 4 rings (SSSR count). The molecule has 3 N–H and O–H groups in total. The maximum absolute atomic E-state index is 11.0. The first kappa shape index (κ1) is 16.6. The number of hydrogen-bond donors (Lipinski definition) is 3. The Morgan fingerprint density at radius 2 is 1.79 bits per heavy atom. The van der Waals surface area contributed by atoms with Crippen LogP contribution < -0.4 is 0 Å². The first-order valence-corrected chi connectivity index (χ1v) is 9.53. The monoisotopic (exact) mass is 330 g/mol. The zero-order chi connectivity index (χ0) is 17.3. The summed E-state index contributed by atoms with van der Waals surface area (Å²) < 4.78 is 0. The summed E-state index contributed by atoms with van der Waals surface area (Å²) in [5, 5.41) is 32.0. The van der Waals surface area contributed by atoms with E-state index in [0.29, 0.717) is 18.8 Å². The van der Waals surface area contributed by atoms with Crippen molar-refractivity contribution in [2.24, 2.45) is 28.6 Å². The molecule has 3 unspecified atom stereocenters. The number of fused-ring (bicyclic) bond motifs is 5. The first-order valence-electron chi connectivity index (χ1n) is 9.53. The Bertz CT molecular complexity index is 619. The van der Waals surface area contributed by atoms with E-state index in [2.05, 4.69) is 19.8 Å². The molecule has 0 aromatic carbocycles. The van der Waals surface area contributed by atoms with Crippen molar-refractivity contribution in [2.45, 2.75) is 76.6 Å². The summed E-state index contributed by atoms with van der Waals surface area (Å²) in [7, 11) is 0. The molecular weight excluding hydrogens is 300 g/mol. The highest BCUT2D eigenvalue weighted by Gasteiger charge is 2.64. The van der Waals surface area contributed by atoms with Gasteiger partial charge in [0.25, 0.3) is 0 Å². The van der Waals surface area contributed by atoms with Gasteiger partial charge in [0, 0.05) is 5.41 Å². The van der Waals surface area contributed by atoms with Crippen molar-refractivity contribution in [2.75, 3.05) is 0 Å². The topological polar surface area (TPSA) is 60.7 Å². The van der Waals surface area contributed by atoms with E-state index in [0.717, 1.165) is 32.1 Å². The maximum Gasteiger partial charge on any atom is 0.130 e. The number of hydrogen-bond acceptors (Lipinski definition) is 3. The van der Waals surface area contributed by atoms with Crippen LogP contribution in [-0.4, -0.2) is 33.1 Å². The molecule has 24 heavy (non-hydrogen) atoms. The molecule has 8 atom stereocenters. The van der Waals surface area contributed by atoms with E-state index in [1.165, 1.54) is 5.57 Å². The van der Waals surface area contributed by atoms with Crippen LogP contribution in [0, 0.1) is 40.9 Å². The minimum atomic E-state index is -1.03. The van der Waals surface area contributed by atoms with Crippen molar-refractivity contribution in [1.82, 2.24) is 0 Å². The van der Waals surface area contributed by atoms with Crippen LogP contribution in [0.3, 0.4) is 0 Å². The Morgan fingerprint density at radius 1 is 1.08 bits per heavy atom. The van der Waals surface area contributed by atoms with Crippen LogP contribution in [0.1, 0.15) is 58.8 Å². The van der Waals surface area contributed by atoms with Crippen molar-refractivity contribution < 1.29 is 15.3 Å². The molecule has 0 saturated heterocycles. The van der Waals surface area contributed by atoms with Gasteiger partial charge in [-0.3, -0.25) is 0 Å². The van der Waals surface area contributed by atoms with Gasteiger partial charge in [0.1, 0.15) is 5.60 Å². The molecule has 4 aliphatic rings. The normalized spacial score (nSPS) is 56.5. The molecule has 4 aliphatic carbocycles. The summed E-state index contributed by atoms with van der Waals surface area (Å²) in [4.78, 5) is 0. The lowest BCUT2D eigenvalue weighted by Crippen LogP contribution is -2.57. The van der Waals surface area contributed by atoms with E-state index in [1.807, 2.05) is 6.08 Å². The van der Waals surface area contributed by atoms with Gasteiger partial charge in [-0.05, 0) is 68.1 Å². The van der Waals surface area contributed by atoms with Crippen LogP contribution in [0.4, 0.5) is 0 Å². The molecule has 0 aliphatic heterocycles. The third-order valence-corrected chi connectivity index (χ3v) is 8.49. The molecule has 0 aromatic rings. The predicted molar refractivity (Wildman–Crippen MR) is 92.9 cm³/mol. The smallest absolute Gasteiger partial charge is 0.130 e. The van der Waals surface area contributed by atoms with Crippen LogP contribution >= 0.6 is 0 Å². The van der Waals surface area contributed by atoms with Gasteiger partial charge in [0.2, 0.25) is 0 Å². The highest BCUT2D eigenvalue weighted by atomic mass is 16.3. The summed E-state index contributed by atoms with van der Waals surface area (Å²) in [5.41, 5.74) is 0.0145.